The highest BCUT2D eigenvalue weighted by molar-refractivity contribution is 5.36. The van der Waals surface area contributed by atoms with E-state index in [4.69, 9.17) is 14.2 Å². The van der Waals surface area contributed by atoms with E-state index < -0.39 is 18.3 Å². The Hall–Kier alpha value is -3.88. The Balaban J connectivity index is 1.40. The van der Waals surface area contributed by atoms with Gasteiger partial charge in [0.25, 0.3) is 0 Å². The van der Waals surface area contributed by atoms with Gasteiger partial charge in [-0.25, -0.2) is 9.50 Å². The highest BCUT2D eigenvalue weighted by Crippen LogP contribution is 2.28. The summed E-state index contributed by atoms with van der Waals surface area (Å²) in [6, 6.07) is 31.5. The van der Waals surface area contributed by atoms with Crippen LogP contribution in [0.25, 0.3) is 5.65 Å². The second-order valence-electron chi connectivity index (χ2n) is 9.07. The molecule has 0 saturated carbocycles. The van der Waals surface area contributed by atoms with Gasteiger partial charge in [0, 0.05) is 24.0 Å². The number of fused-ring (bicyclic) bond motifs is 1. The molecular formula is C31H31N3O4. The van der Waals surface area contributed by atoms with Crippen LogP contribution in [0.4, 0.5) is 0 Å². The van der Waals surface area contributed by atoms with Gasteiger partial charge in [-0.3, -0.25) is 0 Å². The monoisotopic (exact) mass is 509 g/mol. The van der Waals surface area contributed by atoms with E-state index in [0.29, 0.717) is 19.8 Å². The van der Waals surface area contributed by atoms with Gasteiger partial charge < -0.3 is 19.3 Å². The van der Waals surface area contributed by atoms with Gasteiger partial charge in [0.2, 0.25) is 0 Å². The molecule has 38 heavy (non-hydrogen) atoms. The molecule has 0 radical (unpaired) electrons. The summed E-state index contributed by atoms with van der Waals surface area (Å²) in [7, 11) is 0. The van der Waals surface area contributed by atoms with E-state index in [1.807, 2.05) is 103 Å². The number of nitrogens with zero attached hydrogens (tertiary/aromatic N) is 3. The van der Waals surface area contributed by atoms with Crippen molar-refractivity contribution in [2.45, 2.75) is 38.1 Å². The van der Waals surface area contributed by atoms with Crippen LogP contribution in [0.3, 0.4) is 0 Å². The normalized spacial score (nSPS) is 13.8. The number of ether oxygens (including phenoxy) is 3. The molecule has 0 fully saturated rings. The van der Waals surface area contributed by atoms with Crippen molar-refractivity contribution in [1.29, 1.82) is 0 Å². The average Bonchev–Trinajstić information content (AvgIpc) is 3.44. The lowest BCUT2D eigenvalue weighted by Gasteiger charge is -2.31. The number of benzene rings is 3. The van der Waals surface area contributed by atoms with Crippen LogP contribution in [-0.2, 0) is 34.0 Å². The number of rotatable bonds is 13. The molecule has 2 heterocycles. The number of aromatic nitrogens is 3. The molecule has 0 aliphatic rings. The molecule has 3 atom stereocenters. The third-order valence-electron chi connectivity index (χ3n) is 6.23. The van der Waals surface area contributed by atoms with Crippen molar-refractivity contribution in [2.24, 2.45) is 0 Å². The first-order valence-corrected chi connectivity index (χ1v) is 12.7. The molecule has 0 aliphatic heterocycles. The van der Waals surface area contributed by atoms with Crippen LogP contribution in [0.5, 0.6) is 0 Å². The van der Waals surface area contributed by atoms with E-state index in [1.165, 1.54) is 0 Å². The first kappa shape index (κ1) is 25.8. The van der Waals surface area contributed by atoms with E-state index >= 15 is 0 Å². The van der Waals surface area contributed by atoms with E-state index in [2.05, 4.69) is 10.1 Å². The summed E-state index contributed by atoms with van der Waals surface area (Å²) in [6.45, 7) is 1.12. The van der Waals surface area contributed by atoms with Gasteiger partial charge in [-0.15, -0.1) is 0 Å². The number of aliphatic hydroxyl groups is 1. The largest absolute Gasteiger partial charge is 0.388 e. The van der Waals surface area contributed by atoms with Gasteiger partial charge in [-0.05, 0) is 16.7 Å². The number of hydrogen-bond donors (Lipinski definition) is 1. The smallest absolute Gasteiger partial charge is 0.154 e. The van der Waals surface area contributed by atoms with Gasteiger partial charge in [0.05, 0.1) is 32.6 Å². The van der Waals surface area contributed by atoms with Crippen LogP contribution in [0.15, 0.2) is 116 Å². The summed E-state index contributed by atoms with van der Waals surface area (Å²) in [5.74, 6) is 0. The Bertz CT molecular complexity index is 1380. The fourth-order valence-electron chi connectivity index (χ4n) is 4.25. The third kappa shape index (κ3) is 6.90. The molecule has 0 bridgehead atoms. The lowest BCUT2D eigenvalue weighted by molar-refractivity contribution is -0.150. The minimum atomic E-state index is -0.962. The third-order valence-corrected chi connectivity index (χ3v) is 6.23. The Labute approximate surface area is 222 Å². The first-order valence-electron chi connectivity index (χ1n) is 12.7. The van der Waals surface area contributed by atoms with Crippen molar-refractivity contribution in [3.63, 3.8) is 0 Å². The van der Waals surface area contributed by atoms with Crippen LogP contribution < -0.4 is 0 Å². The lowest BCUT2D eigenvalue weighted by Crippen LogP contribution is -2.39. The standard InChI is InChI=1S/C31H31N3O4/c35-28(23-36-20-24-10-4-1-5-11-24)31(38-22-26-14-8-3-9-15-26)30(37-21-25-12-6-2-7-13-25)27-18-32-29-16-17-33-34(29)19-27/h1-19,28,30-31,35H,20-23H2/t28-,30-,31+/m1/s1. The molecule has 2 aromatic heterocycles. The van der Waals surface area contributed by atoms with Crippen molar-refractivity contribution >= 4 is 5.65 Å². The van der Waals surface area contributed by atoms with E-state index in [9.17, 15) is 5.11 Å². The van der Waals surface area contributed by atoms with Crippen molar-refractivity contribution in [3.05, 3.63) is 138 Å². The Morgan fingerprint density at radius 1 is 0.711 bits per heavy atom. The first-order chi connectivity index (χ1) is 18.8. The molecule has 0 aliphatic carbocycles. The minimum absolute atomic E-state index is 0.0803. The summed E-state index contributed by atoms with van der Waals surface area (Å²) >= 11 is 0. The van der Waals surface area contributed by atoms with Crippen LogP contribution in [-0.4, -0.2) is 38.5 Å². The van der Waals surface area contributed by atoms with Crippen LogP contribution in [0.1, 0.15) is 28.4 Å². The van der Waals surface area contributed by atoms with E-state index in [0.717, 1.165) is 27.9 Å². The fraction of sp³-hybridized carbons (Fsp3) is 0.226. The lowest BCUT2D eigenvalue weighted by atomic mass is 10.0. The van der Waals surface area contributed by atoms with Crippen molar-refractivity contribution in [1.82, 2.24) is 14.6 Å². The molecule has 7 heteroatoms. The molecule has 0 amide bonds. The van der Waals surface area contributed by atoms with E-state index in [-0.39, 0.29) is 6.61 Å². The van der Waals surface area contributed by atoms with Gasteiger partial charge in [0.1, 0.15) is 18.3 Å². The van der Waals surface area contributed by atoms with Crippen molar-refractivity contribution < 1.29 is 19.3 Å². The molecule has 1 N–H and O–H groups in total. The molecule has 7 nitrogen and oxygen atoms in total. The Kier molecular flexibility index (Phi) is 8.86. The number of hydrogen-bond acceptors (Lipinski definition) is 6. The van der Waals surface area contributed by atoms with Crippen LogP contribution >= 0.6 is 0 Å². The SMILES string of the molecule is O[C@H](COCc1ccccc1)[C@H](OCc1ccccc1)[C@H](OCc1ccccc1)c1cnc2ccnn2c1. The quantitative estimate of drug-likeness (QED) is 0.237. The average molecular weight is 510 g/mol. The summed E-state index contributed by atoms with van der Waals surface area (Å²) in [6.07, 6.45) is 3.00. The van der Waals surface area contributed by atoms with Gasteiger partial charge >= 0.3 is 0 Å². The van der Waals surface area contributed by atoms with Crippen LogP contribution in [0, 0.1) is 0 Å². The predicted molar refractivity (Wildman–Crippen MR) is 144 cm³/mol. The summed E-state index contributed by atoms with van der Waals surface area (Å²) in [4.78, 5) is 4.53. The fourth-order valence-corrected chi connectivity index (χ4v) is 4.25. The predicted octanol–water partition coefficient (Wildman–Crippen LogP) is 5.15. The zero-order valence-corrected chi connectivity index (χ0v) is 21.0. The molecule has 5 rings (SSSR count). The maximum atomic E-state index is 11.4. The summed E-state index contributed by atoms with van der Waals surface area (Å²) < 4.78 is 20.4. The summed E-state index contributed by atoms with van der Waals surface area (Å²) in [5.41, 5.74) is 4.52. The molecule has 5 aromatic rings. The zero-order chi connectivity index (χ0) is 26.0. The molecule has 3 aromatic carbocycles. The number of aliphatic hydroxyl groups excluding tert-OH is 1. The highest BCUT2D eigenvalue weighted by Gasteiger charge is 2.33. The van der Waals surface area contributed by atoms with Gasteiger partial charge in [0.15, 0.2) is 5.65 Å². The highest BCUT2D eigenvalue weighted by atomic mass is 16.6. The van der Waals surface area contributed by atoms with Gasteiger partial charge in [-0.2, -0.15) is 5.10 Å². The molecule has 0 spiro atoms. The van der Waals surface area contributed by atoms with Crippen molar-refractivity contribution in [2.75, 3.05) is 6.61 Å². The van der Waals surface area contributed by atoms with Gasteiger partial charge in [-0.1, -0.05) is 91.0 Å². The van der Waals surface area contributed by atoms with E-state index in [1.54, 1.807) is 16.9 Å². The maximum Gasteiger partial charge on any atom is 0.154 e. The molecule has 0 unspecified atom stereocenters. The Morgan fingerprint density at radius 2 is 1.29 bits per heavy atom. The maximum absolute atomic E-state index is 11.4. The molecular weight excluding hydrogens is 478 g/mol. The van der Waals surface area contributed by atoms with Crippen molar-refractivity contribution in [3.8, 4) is 0 Å². The van der Waals surface area contributed by atoms with Crippen LogP contribution in [0.2, 0.25) is 0 Å². The second-order valence-corrected chi connectivity index (χ2v) is 9.07. The second kappa shape index (κ2) is 13.1. The topological polar surface area (TPSA) is 78.1 Å². The summed E-state index contributed by atoms with van der Waals surface area (Å²) in [5, 5.41) is 15.7. The minimum Gasteiger partial charge on any atom is -0.388 e. The molecule has 194 valence electrons. The zero-order valence-electron chi connectivity index (χ0n) is 21.0. The molecule has 0 saturated heterocycles. The Morgan fingerprint density at radius 3 is 1.92 bits per heavy atom.